The third-order valence-electron chi connectivity index (χ3n) is 2.46. The van der Waals surface area contributed by atoms with Crippen molar-refractivity contribution in [1.82, 2.24) is 4.72 Å². The smallest absolute Gasteiger partial charge is 0.240 e. The molecule has 1 aliphatic carbocycles. The Morgan fingerprint density at radius 2 is 2.12 bits per heavy atom. The van der Waals surface area contributed by atoms with Gasteiger partial charge in [0, 0.05) is 11.6 Å². The van der Waals surface area contributed by atoms with E-state index in [9.17, 15) is 12.8 Å². The summed E-state index contributed by atoms with van der Waals surface area (Å²) in [6, 6.07) is 1.97. The maximum absolute atomic E-state index is 13.4. The van der Waals surface area contributed by atoms with Crippen LogP contribution in [0.15, 0.2) is 17.0 Å². The van der Waals surface area contributed by atoms with E-state index in [0.717, 1.165) is 18.9 Å². The summed E-state index contributed by atoms with van der Waals surface area (Å²) >= 11 is 5.58. The van der Waals surface area contributed by atoms with Crippen molar-refractivity contribution >= 4 is 21.6 Å². The second-order valence-electron chi connectivity index (χ2n) is 3.93. The number of aliphatic hydroxyl groups excluding tert-OH is 1. The topological polar surface area (TPSA) is 66.4 Å². The highest BCUT2D eigenvalue weighted by molar-refractivity contribution is 7.89. The van der Waals surface area contributed by atoms with Gasteiger partial charge in [0.1, 0.15) is 5.82 Å². The monoisotopic (exact) mass is 279 g/mol. The number of halogens is 2. The molecule has 1 aromatic rings. The van der Waals surface area contributed by atoms with Crippen LogP contribution in [0.2, 0.25) is 5.02 Å². The van der Waals surface area contributed by atoms with Gasteiger partial charge in [0.15, 0.2) is 0 Å². The van der Waals surface area contributed by atoms with Crippen LogP contribution in [-0.2, 0) is 16.6 Å². The maximum Gasteiger partial charge on any atom is 0.240 e. The molecule has 1 aliphatic rings. The molecule has 0 amide bonds. The first-order chi connectivity index (χ1) is 7.94. The fourth-order valence-electron chi connectivity index (χ4n) is 1.38. The minimum atomic E-state index is -3.73. The van der Waals surface area contributed by atoms with Crippen molar-refractivity contribution in [3.63, 3.8) is 0 Å². The molecule has 4 nitrogen and oxygen atoms in total. The maximum atomic E-state index is 13.4. The highest BCUT2D eigenvalue weighted by Gasteiger charge is 2.28. The lowest BCUT2D eigenvalue weighted by molar-refractivity contribution is 0.281. The Morgan fingerprint density at radius 1 is 1.47 bits per heavy atom. The Labute approximate surface area is 103 Å². The van der Waals surface area contributed by atoms with Crippen molar-refractivity contribution < 1.29 is 17.9 Å². The summed E-state index contributed by atoms with van der Waals surface area (Å²) in [5.41, 5.74) is 0.0582. The van der Waals surface area contributed by atoms with Crippen LogP contribution in [0.5, 0.6) is 0 Å². The minimum Gasteiger partial charge on any atom is -0.392 e. The van der Waals surface area contributed by atoms with Gasteiger partial charge in [-0.25, -0.2) is 17.5 Å². The van der Waals surface area contributed by atoms with E-state index in [1.807, 2.05) is 0 Å². The largest absolute Gasteiger partial charge is 0.392 e. The number of sulfonamides is 1. The first kappa shape index (κ1) is 12.8. The van der Waals surface area contributed by atoms with E-state index in [-0.39, 0.29) is 21.5 Å². The van der Waals surface area contributed by atoms with Crippen molar-refractivity contribution in [3.05, 3.63) is 28.5 Å². The van der Waals surface area contributed by atoms with Gasteiger partial charge in [-0.3, -0.25) is 0 Å². The Morgan fingerprint density at radius 3 is 2.65 bits per heavy atom. The van der Waals surface area contributed by atoms with Crippen LogP contribution in [0, 0.1) is 5.82 Å². The molecule has 1 saturated carbocycles. The third kappa shape index (κ3) is 2.77. The Hall–Kier alpha value is -0.690. The highest BCUT2D eigenvalue weighted by Crippen LogP contribution is 2.26. The van der Waals surface area contributed by atoms with Crippen LogP contribution in [-0.4, -0.2) is 19.6 Å². The van der Waals surface area contributed by atoms with Gasteiger partial charge in [-0.15, -0.1) is 0 Å². The summed E-state index contributed by atoms with van der Waals surface area (Å²) in [5, 5.41) is 8.71. The van der Waals surface area contributed by atoms with Gasteiger partial charge >= 0.3 is 0 Å². The molecule has 1 fully saturated rings. The lowest BCUT2D eigenvalue weighted by Gasteiger charge is -2.08. The molecular weight excluding hydrogens is 269 g/mol. The first-order valence-electron chi connectivity index (χ1n) is 5.05. The van der Waals surface area contributed by atoms with E-state index in [1.54, 1.807) is 0 Å². The molecule has 0 bridgehead atoms. The zero-order valence-corrected chi connectivity index (χ0v) is 10.4. The van der Waals surface area contributed by atoms with E-state index in [0.29, 0.717) is 0 Å². The normalized spacial score (nSPS) is 16.2. The van der Waals surface area contributed by atoms with Crippen LogP contribution in [0.1, 0.15) is 18.4 Å². The average Bonchev–Trinajstić information content (AvgIpc) is 3.04. The predicted molar refractivity (Wildman–Crippen MR) is 60.7 cm³/mol. The van der Waals surface area contributed by atoms with E-state index >= 15 is 0 Å². The SMILES string of the molecule is O=S(=O)(NC1CC1)c1cc(F)c(Cl)c(CO)c1. The van der Waals surface area contributed by atoms with E-state index in [4.69, 9.17) is 16.7 Å². The van der Waals surface area contributed by atoms with Crippen LogP contribution in [0.3, 0.4) is 0 Å². The van der Waals surface area contributed by atoms with Gasteiger partial charge in [-0.2, -0.15) is 0 Å². The number of hydrogen-bond acceptors (Lipinski definition) is 3. The van der Waals surface area contributed by atoms with Crippen LogP contribution < -0.4 is 4.72 Å². The van der Waals surface area contributed by atoms with Crippen molar-refractivity contribution in [3.8, 4) is 0 Å². The zero-order chi connectivity index (χ0) is 12.6. The van der Waals surface area contributed by atoms with Crippen LogP contribution >= 0.6 is 11.6 Å². The molecule has 1 aromatic carbocycles. The fraction of sp³-hybridized carbons (Fsp3) is 0.400. The molecule has 0 saturated heterocycles. The first-order valence-corrected chi connectivity index (χ1v) is 6.91. The van der Waals surface area contributed by atoms with Crippen molar-refractivity contribution in [2.75, 3.05) is 0 Å². The summed E-state index contributed by atoms with van der Waals surface area (Å²) in [6.07, 6.45) is 1.59. The minimum absolute atomic E-state index is 0.0582. The summed E-state index contributed by atoms with van der Waals surface area (Å²) in [4.78, 5) is -0.213. The molecule has 0 radical (unpaired) electrons. The number of aliphatic hydroxyl groups is 1. The Bertz CT molecular complexity index is 543. The number of benzene rings is 1. The number of hydrogen-bond donors (Lipinski definition) is 2. The summed E-state index contributed by atoms with van der Waals surface area (Å²) in [5.74, 6) is -0.852. The molecule has 0 aliphatic heterocycles. The average molecular weight is 280 g/mol. The highest BCUT2D eigenvalue weighted by atomic mass is 35.5. The van der Waals surface area contributed by atoms with Crippen molar-refractivity contribution in [1.29, 1.82) is 0 Å². The number of rotatable bonds is 4. The lowest BCUT2D eigenvalue weighted by Crippen LogP contribution is -2.26. The molecule has 0 unspecified atom stereocenters. The Balaban J connectivity index is 2.41. The molecule has 2 N–H and O–H groups in total. The van der Waals surface area contributed by atoms with E-state index < -0.39 is 22.4 Å². The van der Waals surface area contributed by atoms with Gasteiger partial charge in [0.2, 0.25) is 10.0 Å². The quantitative estimate of drug-likeness (QED) is 0.876. The molecule has 7 heteroatoms. The van der Waals surface area contributed by atoms with E-state index in [2.05, 4.69) is 4.72 Å². The Kier molecular flexibility index (Phi) is 3.40. The standard InChI is InChI=1S/C10H11ClFNO3S/c11-10-6(5-14)3-8(4-9(10)12)17(15,16)13-7-1-2-7/h3-4,7,13-14H,1-2,5H2. The van der Waals surface area contributed by atoms with E-state index in [1.165, 1.54) is 6.07 Å². The molecule has 0 aromatic heterocycles. The van der Waals surface area contributed by atoms with Gasteiger partial charge in [0.25, 0.3) is 0 Å². The second-order valence-corrected chi connectivity index (χ2v) is 6.02. The molecule has 17 heavy (non-hydrogen) atoms. The second kappa shape index (κ2) is 4.53. The van der Waals surface area contributed by atoms with Gasteiger partial charge < -0.3 is 5.11 Å². The van der Waals surface area contributed by atoms with Gasteiger partial charge in [0.05, 0.1) is 16.5 Å². The van der Waals surface area contributed by atoms with Crippen LogP contribution in [0.25, 0.3) is 0 Å². The third-order valence-corrected chi connectivity index (χ3v) is 4.38. The molecule has 0 heterocycles. The molecule has 94 valence electrons. The molecular formula is C10H11ClFNO3S. The summed E-state index contributed by atoms with van der Waals surface area (Å²) in [6.45, 7) is -0.511. The zero-order valence-electron chi connectivity index (χ0n) is 8.78. The van der Waals surface area contributed by atoms with Crippen molar-refractivity contribution in [2.45, 2.75) is 30.4 Å². The number of nitrogens with one attached hydrogen (secondary N) is 1. The lowest BCUT2D eigenvalue weighted by atomic mass is 10.2. The van der Waals surface area contributed by atoms with Crippen LogP contribution in [0.4, 0.5) is 4.39 Å². The predicted octanol–water partition coefficient (Wildman–Crippen LogP) is 1.41. The van der Waals surface area contributed by atoms with Gasteiger partial charge in [-0.05, 0) is 25.0 Å². The molecule has 0 spiro atoms. The molecule has 2 rings (SSSR count). The summed E-state index contributed by atoms with van der Waals surface area (Å²) < 4.78 is 39.4. The fourth-order valence-corrected chi connectivity index (χ4v) is 2.91. The molecule has 0 atom stereocenters. The van der Waals surface area contributed by atoms with Gasteiger partial charge in [-0.1, -0.05) is 11.6 Å². The van der Waals surface area contributed by atoms with Crippen molar-refractivity contribution in [2.24, 2.45) is 0 Å². The summed E-state index contributed by atoms with van der Waals surface area (Å²) in [7, 11) is -3.73.